The summed E-state index contributed by atoms with van der Waals surface area (Å²) in [5.41, 5.74) is 1.05. The standard InChI is InChI=1S/C19H22ClNO2/c20-16-10-5-4-7-14(16)13-21-17-11-6-12-18(19(17)22)23-15-8-2-1-3-9-15/h1-5,7-10,17-19,21-22H,6,11-13H2/t17-,18+,19+/m0/s1. The lowest BCUT2D eigenvalue weighted by Gasteiger charge is -2.35. The average Bonchev–Trinajstić information content (AvgIpc) is 2.58. The molecular weight excluding hydrogens is 310 g/mol. The quantitative estimate of drug-likeness (QED) is 0.875. The summed E-state index contributed by atoms with van der Waals surface area (Å²) in [7, 11) is 0. The van der Waals surface area contributed by atoms with Crippen molar-refractivity contribution in [2.45, 2.75) is 44.1 Å². The van der Waals surface area contributed by atoms with Crippen LogP contribution in [0.15, 0.2) is 54.6 Å². The van der Waals surface area contributed by atoms with E-state index in [-0.39, 0.29) is 12.1 Å². The van der Waals surface area contributed by atoms with Gasteiger partial charge in [-0.25, -0.2) is 0 Å². The van der Waals surface area contributed by atoms with E-state index in [2.05, 4.69) is 5.32 Å². The molecule has 1 fully saturated rings. The smallest absolute Gasteiger partial charge is 0.126 e. The Kier molecular flexibility index (Phi) is 5.55. The maximum atomic E-state index is 10.6. The van der Waals surface area contributed by atoms with E-state index in [0.717, 1.165) is 35.6 Å². The van der Waals surface area contributed by atoms with Crippen LogP contribution in [-0.4, -0.2) is 23.4 Å². The first kappa shape index (κ1) is 16.3. The molecule has 3 nitrogen and oxygen atoms in total. The third-order valence-corrected chi connectivity index (χ3v) is 4.71. The number of hydrogen-bond donors (Lipinski definition) is 2. The maximum absolute atomic E-state index is 10.6. The van der Waals surface area contributed by atoms with Crippen LogP contribution in [0.25, 0.3) is 0 Å². The molecule has 0 unspecified atom stereocenters. The minimum Gasteiger partial charge on any atom is -0.488 e. The predicted octanol–water partition coefficient (Wildman–Crippen LogP) is 3.79. The third kappa shape index (κ3) is 4.25. The fourth-order valence-electron chi connectivity index (χ4n) is 3.05. The Morgan fingerprint density at radius 1 is 1.04 bits per heavy atom. The number of hydrogen-bond acceptors (Lipinski definition) is 3. The van der Waals surface area contributed by atoms with Gasteiger partial charge in [0.25, 0.3) is 0 Å². The monoisotopic (exact) mass is 331 g/mol. The summed E-state index contributed by atoms with van der Waals surface area (Å²) in [6, 6.07) is 17.5. The summed E-state index contributed by atoms with van der Waals surface area (Å²) in [5.74, 6) is 0.809. The van der Waals surface area contributed by atoms with Gasteiger partial charge in [-0.1, -0.05) is 48.0 Å². The second-order valence-corrected chi connectivity index (χ2v) is 6.38. The summed E-state index contributed by atoms with van der Waals surface area (Å²) in [6.45, 7) is 0.652. The van der Waals surface area contributed by atoms with E-state index in [0.29, 0.717) is 6.54 Å². The lowest BCUT2D eigenvalue weighted by Crippen LogP contribution is -2.50. The van der Waals surface area contributed by atoms with Crippen LogP contribution in [0.1, 0.15) is 24.8 Å². The Hall–Kier alpha value is -1.55. The highest BCUT2D eigenvalue weighted by atomic mass is 35.5. The Labute approximate surface area is 142 Å². The molecule has 2 aromatic carbocycles. The largest absolute Gasteiger partial charge is 0.488 e. The third-order valence-electron chi connectivity index (χ3n) is 4.34. The van der Waals surface area contributed by atoms with E-state index in [4.69, 9.17) is 16.3 Å². The first-order chi connectivity index (χ1) is 11.2. The summed E-state index contributed by atoms with van der Waals surface area (Å²) >= 11 is 6.19. The number of ether oxygens (including phenoxy) is 1. The van der Waals surface area contributed by atoms with Crippen LogP contribution in [0.4, 0.5) is 0 Å². The lowest BCUT2D eigenvalue weighted by molar-refractivity contribution is -0.0157. The topological polar surface area (TPSA) is 41.5 Å². The van der Waals surface area contributed by atoms with Crippen molar-refractivity contribution in [3.63, 3.8) is 0 Å². The zero-order valence-corrected chi connectivity index (χ0v) is 13.7. The number of aliphatic hydroxyl groups is 1. The Bertz CT molecular complexity index is 620. The first-order valence-corrected chi connectivity index (χ1v) is 8.48. The number of para-hydroxylation sites is 1. The molecule has 0 bridgehead atoms. The second-order valence-electron chi connectivity index (χ2n) is 5.97. The predicted molar refractivity (Wildman–Crippen MR) is 92.8 cm³/mol. The molecule has 0 radical (unpaired) electrons. The number of aliphatic hydroxyl groups excluding tert-OH is 1. The zero-order valence-electron chi connectivity index (χ0n) is 13.0. The van der Waals surface area contributed by atoms with Crippen molar-refractivity contribution in [1.82, 2.24) is 5.32 Å². The molecule has 2 aromatic rings. The summed E-state index contributed by atoms with van der Waals surface area (Å²) in [4.78, 5) is 0. The van der Waals surface area contributed by atoms with E-state index in [1.807, 2.05) is 54.6 Å². The van der Waals surface area contributed by atoms with Crippen molar-refractivity contribution in [3.05, 3.63) is 65.2 Å². The highest BCUT2D eigenvalue weighted by Gasteiger charge is 2.33. The van der Waals surface area contributed by atoms with Crippen LogP contribution in [0, 0.1) is 0 Å². The van der Waals surface area contributed by atoms with Crippen molar-refractivity contribution in [1.29, 1.82) is 0 Å². The van der Waals surface area contributed by atoms with Gasteiger partial charge in [0.15, 0.2) is 0 Å². The number of rotatable bonds is 5. The molecule has 3 rings (SSSR count). The van der Waals surface area contributed by atoms with Crippen molar-refractivity contribution in [2.24, 2.45) is 0 Å². The summed E-state index contributed by atoms with van der Waals surface area (Å²) in [5, 5.41) is 14.8. The minimum atomic E-state index is -0.522. The molecule has 4 heteroatoms. The van der Waals surface area contributed by atoms with Crippen LogP contribution < -0.4 is 10.1 Å². The highest BCUT2D eigenvalue weighted by molar-refractivity contribution is 6.31. The summed E-state index contributed by atoms with van der Waals surface area (Å²) < 4.78 is 5.96. The molecule has 1 aliphatic rings. The SMILES string of the molecule is O[C@@H]1[C@@H](NCc2ccccc2Cl)CCC[C@H]1Oc1ccccc1. The lowest BCUT2D eigenvalue weighted by atomic mass is 9.89. The fourth-order valence-corrected chi connectivity index (χ4v) is 3.25. The van der Waals surface area contributed by atoms with Gasteiger partial charge in [-0.3, -0.25) is 0 Å². The van der Waals surface area contributed by atoms with Crippen molar-refractivity contribution < 1.29 is 9.84 Å². The van der Waals surface area contributed by atoms with Crippen LogP contribution >= 0.6 is 11.6 Å². The molecule has 0 heterocycles. The normalized spacial score (nSPS) is 24.3. The van der Waals surface area contributed by atoms with Gasteiger partial charge in [-0.15, -0.1) is 0 Å². The van der Waals surface area contributed by atoms with Crippen LogP contribution in [0.2, 0.25) is 5.02 Å². The Balaban J connectivity index is 1.59. The van der Waals surface area contributed by atoms with E-state index in [9.17, 15) is 5.11 Å². The molecule has 2 N–H and O–H groups in total. The number of halogens is 1. The van der Waals surface area contributed by atoms with Gasteiger partial charge in [-0.2, -0.15) is 0 Å². The Morgan fingerprint density at radius 3 is 2.57 bits per heavy atom. The molecule has 1 saturated carbocycles. The molecular formula is C19H22ClNO2. The van der Waals surface area contributed by atoms with Crippen molar-refractivity contribution >= 4 is 11.6 Å². The number of nitrogens with one attached hydrogen (secondary N) is 1. The molecule has 0 spiro atoms. The zero-order chi connectivity index (χ0) is 16.1. The van der Waals surface area contributed by atoms with Gasteiger partial charge in [0.2, 0.25) is 0 Å². The highest BCUT2D eigenvalue weighted by Crippen LogP contribution is 2.25. The first-order valence-electron chi connectivity index (χ1n) is 8.10. The second kappa shape index (κ2) is 7.82. The van der Waals surface area contributed by atoms with Crippen LogP contribution in [0.5, 0.6) is 5.75 Å². The van der Waals surface area contributed by atoms with Gasteiger partial charge in [0.1, 0.15) is 18.0 Å². The minimum absolute atomic E-state index is 0.0220. The van der Waals surface area contributed by atoms with Gasteiger partial charge < -0.3 is 15.2 Å². The molecule has 3 atom stereocenters. The molecule has 23 heavy (non-hydrogen) atoms. The molecule has 0 amide bonds. The maximum Gasteiger partial charge on any atom is 0.126 e. The summed E-state index contributed by atoms with van der Waals surface area (Å²) in [6.07, 6.45) is 2.16. The van der Waals surface area contributed by atoms with Crippen molar-refractivity contribution in [3.8, 4) is 5.75 Å². The average molecular weight is 332 g/mol. The Morgan fingerprint density at radius 2 is 1.78 bits per heavy atom. The van der Waals surface area contributed by atoms with E-state index < -0.39 is 6.10 Å². The van der Waals surface area contributed by atoms with E-state index >= 15 is 0 Å². The van der Waals surface area contributed by atoms with Gasteiger partial charge >= 0.3 is 0 Å². The molecule has 0 aromatic heterocycles. The van der Waals surface area contributed by atoms with E-state index in [1.165, 1.54) is 0 Å². The molecule has 0 aliphatic heterocycles. The molecule has 0 saturated heterocycles. The van der Waals surface area contributed by atoms with Crippen molar-refractivity contribution in [2.75, 3.05) is 0 Å². The van der Waals surface area contributed by atoms with Gasteiger partial charge in [0.05, 0.1) is 0 Å². The van der Waals surface area contributed by atoms with E-state index in [1.54, 1.807) is 0 Å². The molecule has 1 aliphatic carbocycles. The fraction of sp³-hybridized carbons (Fsp3) is 0.368. The van der Waals surface area contributed by atoms with Gasteiger partial charge in [0, 0.05) is 17.6 Å². The van der Waals surface area contributed by atoms with Gasteiger partial charge in [-0.05, 0) is 43.0 Å². The number of benzene rings is 2. The van der Waals surface area contributed by atoms with Crippen LogP contribution in [-0.2, 0) is 6.54 Å². The molecule has 122 valence electrons. The van der Waals surface area contributed by atoms with Crippen LogP contribution in [0.3, 0.4) is 0 Å².